The molecule has 1 aromatic carbocycles. The highest BCUT2D eigenvalue weighted by atomic mass is 32.2. The van der Waals surface area contributed by atoms with E-state index in [9.17, 15) is 29.1 Å². The van der Waals surface area contributed by atoms with E-state index in [4.69, 9.17) is 10.8 Å². The number of carbonyl (C=O) groups excluding carboxylic acids is 3. The first-order valence-electron chi connectivity index (χ1n) is 11.3. The van der Waals surface area contributed by atoms with Crippen LogP contribution in [0.15, 0.2) is 30.3 Å². The van der Waals surface area contributed by atoms with Crippen LogP contribution in [0, 0.1) is 0 Å². The van der Waals surface area contributed by atoms with Crippen molar-refractivity contribution >= 4 is 41.4 Å². The summed E-state index contributed by atoms with van der Waals surface area (Å²) in [4.78, 5) is 62.4. The minimum absolute atomic E-state index is 0.259. The molecular formula is C23H32N4O7S. The molecule has 0 radical (unpaired) electrons. The van der Waals surface area contributed by atoms with Gasteiger partial charge in [0, 0.05) is 6.54 Å². The summed E-state index contributed by atoms with van der Waals surface area (Å²) in [5.74, 6) is -3.95. The van der Waals surface area contributed by atoms with Crippen LogP contribution >= 0.6 is 11.8 Å². The second-order valence-electron chi connectivity index (χ2n) is 8.33. The van der Waals surface area contributed by atoms with Crippen molar-refractivity contribution in [3.63, 3.8) is 0 Å². The molecule has 1 heterocycles. The minimum Gasteiger partial charge on any atom is -0.481 e. The van der Waals surface area contributed by atoms with Gasteiger partial charge in [-0.25, -0.2) is 4.79 Å². The van der Waals surface area contributed by atoms with Gasteiger partial charge in [-0.3, -0.25) is 19.2 Å². The van der Waals surface area contributed by atoms with E-state index >= 15 is 0 Å². The molecule has 1 fully saturated rings. The van der Waals surface area contributed by atoms with Crippen LogP contribution in [-0.2, 0) is 30.4 Å². The van der Waals surface area contributed by atoms with Gasteiger partial charge < -0.3 is 31.5 Å². The first kappa shape index (κ1) is 28.1. The van der Waals surface area contributed by atoms with Gasteiger partial charge in [0.1, 0.15) is 18.1 Å². The molecule has 1 aliphatic heterocycles. The van der Waals surface area contributed by atoms with Gasteiger partial charge in [0.05, 0.1) is 12.5 Å². The highest BCUT2D eigenvalue weighted by Crippen LogP contribution is 2.20. The van der Waals surface area contributed by atoms with Gasteiger partial charge in [-0.15, -0.1) is 0 Å². The molecule has 0 spiro atoms. The molecule has 1 saturated heterocycles. The van der Waals surface area contributed by atoms with Gasteiger partial charge in [0.15, 0.2) is 0 Å². The molecule has 0 saturated carbocycles. The number of amides is 3. The van der Waals surface area contributed by atoms with Crippen molar-refractivity contribution in [1.29, 1.82) is 0 Å². The highest BCUT2D eigenvalue weighted by Gasteiger charge is 2.39. The lowest BCUT2D eigenvalue weighted by Crippen LogP contribution is -2.57. The summed E-state index contributed by atoms with van der Waals surface area (Å²) in [6.45, 7) is 0.259. The number of rotatable bonds is 13. The van der Waals surface area contributed by atoms with Gasteiger partial charge in [0.25, 0.3) is 0 Å². The standard InChI is InChI=1S/C23H32N4O7S/c1-35-11-9-16(25-20(30)15(24)12-14-6-3-2-4-7-14)22(32)27-10-5-8-18(27)21(31)26-17(23(33)34)13-19(28)29/h2-4,6-7,15-18H,5,8-13,24H2,1H3,(H,25,30)(H,26,31)(H,28,29)(H,33,34). The molecule has 4 atom stereocenters. The lowest BCUT2D eigenvalue weighted by Gasteiger charge is -2.30. The predicted octanol–water partition coefficient (Wildman–Crippen LogP) is -0.171. The number of nitrogens with zero attached hydrogens (tertiary/aromatic N) is 1. The summed E-state index contributed by atoms with van der Waals surface area (Å²) >= 11 is 1.50. The zero-order valence-electron chi connectivity index (χ0n) is 19.5. The molecule has 12 heteroatoms. The molecule has 2 rings (SSSR count). The number of benzene rings is 1. The Kier molecular flexibility index (Phi) is 11.0. The number of carboxylic acid groups (broad SMARTS) is 2. The highest BCUT2D eigenvalue weighted by molar-refractivity contribution is 7.98. The fourth-order valence-corrected chi connectivity index (χ4v) is 4.35. The Bertz CT molecular complexity index is 914. The average molecular weight is 509 g/mol. The number of carboxylic acids is 2. The number of aliphatic carboxylic acids is 2. The number of carbonyl (C=O) groups is 5. The normalized spacial score (nSPS) is 17.8. The maximum absolute atomic E-state index is 13.4. The number of nitrogens with two attached hydrogens (primary N) is 1. The number of likely N-dealkylation sites (tertiary alicyclic amines) is 1. The first-order valence-corrected chi connectivity index (χ1v) is 12.7. The molecule has 0 bridgehead atoms. The summed E-state index contributed by atoms with van der Waals surface area (Å²) in [7, 11) is 0. The number of hydrogen-bond donors (Lipinski definition) is 5. The lowest BCUT2D eigenvalue weighted by molar-refractivity contribution is -0.148. The molecule has 0 aliphatic carbocycles. The quantitative estimate of drug-likeness (QED) is 0.242. The van der Waals surface area contributed by atoms with Crippen LogP contribution in [0.3, 0.4) is 0 Å². The first-order chi connectivity index (χ1) is 16.6. The molecule has 4 unspecified atom stereocenters. The van der Waals surface area contributed by atoms with Crippen LogP contribution < -0.4 is 16.4 Å². The molecular weight excluding hydrogens is 476 g/mol. The van der Waals surface area contributed by atoms with E-state index in [1.54, 1.807) is 0 Å². The molecule has 1 aromatic rings. The smallest absolute Gasteiger partial charge is 0.326 e. The molecule has 0 aromatic heterocycles. The van der Waals surface area contributed by atoms with Gasteiger partial charge in [0.2, 0.25) is 17.7 Å². The molecule has 192 valence electrons. The lowest BCUT2D eigenvalue weighted by atomic mass is 10.1. The van der Waals surface area contributed by atoms with E-state index in [-0.39, 0.29) is 6.54 Å². The zero-order chi connectivity index (χ0) is 26.0. The van der Waals surface area contributed by atoms with Gasteiger partial charge >= 0.3 is 11.9 Å². The molecule has 35 heavy (non-hydrogen) atoms. The van der Waals surface area contributed by atoms with E-state index in [1.165, 1.54) is 16.7 Å². The predicted molar refractivity (Wildman–Crippen MR) is 130 cm³/mol. The van der Waals surface area contributed by atoms with Crippen molar-refractivity contribution in [3.05, 3.63) is 35.9 Å². The third kappa shape index (κ3) is 8.55. The Labute approximate surface area is 207 Å². The van der Waals surface area contributed by atoms with Gasteiger partial charge in [-0.1, -0.05) is 30.3 Å². The number of thioether (sulfide) groups is 1. The fraction of sp³-hybridized carbons (Fsp3) is 0.522. The van der Waals surface area contributed by atoms with Crippen LogP contribution in [0.5, 0.6) is 0 Å². The minimum atomic E-state index is -1.61. The summed E-state index contributed by atoms with van der Waals surface area (Å²) < 4.78 is 0. The van der Waals surface area contributed by atoms with Crippen molar-refractivity contribution in [2.75, 3.05) is 18.6 Å². The molecule has 6 N–H and O–H groups in total. The topological polar surface area (TPSA) is 179 Å². The summed E-state index contributed by atoms with van der Waals surface area (Å²) in [6.07, 6.45) is 2.51. The van der Waals surface area contributed by atoms with E-state index in [2.05, 4.69) is 10.6 Å². The second-order valence-corrected chi connectivity index (χ2v) is 9.31. The molecule has 11 nitrogen and oxygen atoms in total. The maximum atomic E-state index is 13.4. The number of nitrogens with one attached hydrogen (secondary N) is 2. The van der Waals surface area contributed by atoms with Crippen LogP contribution in [0.4, 0.5) is 0 Å². The van der Waals surface area contributed by atoms with E-state index in [0.717, 1.165) is 5.56 Å². The van der Waals surface area contributed by atoms with Crippen molar-refractivity contribution in [2.45, 2.75) is 56.3 Å². The van der Waals surface area contributed by atoms with Crippen molar-refractivity contribution < 1.29 is 34.2 Å². The van der Waals surface area contributed by atoms with E-state index in [1.807, 2.05) is 36.6 Å². The van der Waals surface area contributed by atoms with Gasteiger partial charge in [-0.05, 0) is 43.3 Å². The Balaban J connectivity index is 2.09. The monoisotopic (exact) mass is 508 g/mol. The Morgan fingerprint density at radius 1 is 1.11 bits per heavy atom. The third-order valence-corrected chi connectivity index (χ3v) is 6.34. The summed E-state index contributed by atoms with van der Waals surface area (Å²) in [6, 6.07) is 4.91. The Hall–Kier alpha value is -3.12. The molecule has 3 amide bonds. The maximum Gasteiger partial charge on any atom is 0.326 e. The van der Waals surface area contributed by atoms with E-state index in [0.29, 0.717) is 31.4 Å². The van der Waals surface area contributed by atoms with Crippen molar-refractivity contribution in [1.82, 2.24) is 15.5 Å². The summed E-state index contributed by atoms with van der Waals surface area (Å²) in [5, 5.41) is 23.0. The second kappa shape index (κ2) is 13.7. The van der Waals surface area contributed by atoms with Crippen LogP contribution in [0.2, 0.25) is 0 Å². The average Bonchev–Trinajstić information content (AvgIpc) is 3.31. The SMILES string of the molecule is CSCCC(NC(=O)C(N)Cc1ccccc1)C(=O)N1CCCC1C(=O)NC(CC(=O)O)C(=O)O. The van der Waals surface area contributed by atoms with E-state index < -0.39 is 60.2 Å². The third-order valence-electron chi connectivity index (χ3n) is 5.69. The number of hydrogen-bond acceptors (Lipinski definition) is 7. The zero-order valence-corrected chi connectivity index (χ0v) is 20.3. The Morgan fingerprint density at radius 2 is 1.80 bits per heavy atom. The van der Waals surface area contributed by atoms with Crippen LogP contribution in [0.25, 0.3) is 0 Å². The molecule has 1 aliphatic rings. The fourth-order valence-electron chi connectivity index (χ4n) is 3.88. The van der Waals surface area contributed by atoms with Crippen molar-refractivity contribution in [3.8, 4) is 0 Å². The van der Waals surface area contributed by atoms with Gasteiger partial charge in [-0.2, -0.15) is 11.8 Å². The Morgan fingerprint density at radius 3 is 2.40 bits per heavy atom. The largest absolute Gasteiger partial charge is 0.481 e. The van der Waals surface area contributed by atoms with Crippen LogP contribution in [-0.4, -0.2) is 87.5 Å². The summed E-state index contributed by atoms with van der Waals surface area (Å²) in [5.41, 5.74) is 6.95. The van der Waals surface area contributed by atoms with Crippen LogP contribution in [0.1, 0.15) is 31.2 Å². The van der Waals surface area contributed by atoms with Crippen molar-refractivity contribution in [2.24, 2.45) is 5.73 Å².